The number of esters is 1. The van der Waals surface area contributed by atoms with Crippen molar-refractivity contribution in [2.45, 2.75) is 13.3 Å². The molecule has 0 aliphatic heterocycles. The van der Waals surface area contributed by atoms with Crippen molar-refractivity contribution in [3.8, 4) is 5.75 Å². The van der Waals surface area contributed by atoms with Gasteiger partial charge in [-0.05, 0) is 24.3 Å². The standard InChI is InChI=1S/C14H18O6/c1-2-13(15)20-10-8-18-7-9-19-12-5-3-11(4-6-12)14(16)17/h3-6H,2,7-10H2,1H3,(H,16,17). The fourth-order valence-corrected chi connectivity index (χ4v) is 1.33. The Bertz CT molecular complexity index is 426. The van der Waals surface area contributed by atoms with E-state index in [0.29, 0.717) is 32.0 Å². The van der Waals surface area contributed by atoms with Gasteiger partial charge in [0.2, 0.25) is 0 Å². The van der Waals surface area contributed by atoms with E-state index in [0.717, 1.165) is 0 Å². The highest BCUT2D eigenvalue weighted by molar-refractivity contribution is 5.87. The van der Waals surface area contributed by atoms with Gasteiger partial charge < -0.3 is 19.3 Å². The number of benzene rings is 1. The molecule has 1 aromatic carbocycles. The van der Waals surface area contributed by atoms with Gasteiger partial charge in [0.1, 0.15) is 19.0 Å². The van der Waals surface area contributed by atoms with E-state index in [1.807, 2.05) is 0 Å². The fraction of sp³-hybridized carbons (Fsp3) is 0.429. The molecule has 6 nitrogen and oxygen atoms in total. The van der Waals surface area contributed by atoms with Crippen molar-refractivity contribution in [2.24, 2.45) is 0 Å². The van der Waals surface area contributed by atoms with Gasteiger partial charge in [0.25, 0.3) is 0 Å². The molecule has 0 atom stereocenters. The zero-order valence-electron chi connectivity index (χ0n) is 11.3. The summed E-state index contributed by atoms with van der Waals surface area (Å²) in [6, 6.07) is 6.13. The van der Waals surface area contributed by atoms with E-state index in [1.54, 1.807) is 19.1 Å². The predicted octanol–water partition coefficient (Wildman–Crippen LogP) is 1.73. The molecule has 0 bridgehead atoms. The zero-order valence-corrected chi connectivity index (χ0v) is 11.3. The van der Waals surface area contributed by atoms with Gasteiger partial charge >= 0.3 is 11.9 Å². The molecule has 0 aliphatic rings. The van der Waals surface area contributed by atoms with Gasteiger partial charge in [-0.2, -0.15) is 0 Å². The highest BCUT2D eigenvalue weighted by atomic mass is 16.6. The van der Waals surface area contributed by atoms with E-state index < -0.39 is 5.97 Å². The van der Waals surface area contributed by atoms with Gasteiger partial charge in [-0.15, -0.1) is 0 Å². The van der Waals surface area contributed by atoms with Crippen LogP contribution in [0.15, 0.2) is 24.3 Å². The predicted molar refractivity (Wildman–Crippen MR) is 71.0 cm³/mol. The van der Waals surface area contributed by atoms with Crippen LogP contribution in [0.4, 0.5) is 0 Å². The monoisotopic (exact) mass is 282 g/mol. The summed E-state index contributed by atoms with van der Waals surface area (Å²) in [6.07, 6.45) is 0.357. The lowest BCUT2D eigenvalue weighted by Crippen LogP contribution is -2.13. The van der Waals surface area contributed by atoms with Crippen molar-refractivity contribution in [1.29, 1.82) is 0 Å². The number of carboxylic acid groups (broad SMARTS) is 1. The van der Waals surface area contributed by atoms with Crippen LogP contribution >= 0.6 is 0 Å². The lowest BCUT2D eigenvalue weighted by Gasteiger charge is -2.07. The second-order valence-corrected chi connectivity index (χ2v) is 3.86. The van der Waals surface area contributed by atoms with E-state index in [4.69, 9.17) is 19.3 Å². The smallest absolute Gasteiger partial charge is 0.335 e. The van der Waals surface area contributed by atoms with Gasteiger partial charge in [-0.25, -0.2) is 4.79 Å². The molecule has 1 aromatic rings. The van der Waals surface area contributed by atoms with Crippen molar-refractivity contribution in [3.63, 3.8) is 0 Å². The first-order valence-electron chi connectivity index (χ1n) is 6.33. The number of rotatable bonds is 9. The van der Waals surface area contributed by atoms with E-state index >= 15 is 0 Å². The lowest BCUT2D eigenvalue weighted by molar-refractivity contribution is -0.144. The summed E-state index contributed by atoms with van der Waals surface area (Å²) in [5.41, 5.74) is 0.214. The Balaban J connectivity index is 2.09. The summed E-state index contributed by atoms with van der Waals surface area (Å²) in [7, 11) is 0. The Morgan fingerprint density at radius 3 is 2.30 bits per heavy atom. The molecular formula is C14H18O6. The van der Waals surface area contributed by atoms with Crippen molar-refractivity contribution in [2.75, 3.05) is 26.4 Å². The van der Waals surface area contributed by atoms with Crippen LogP contribution in [0.1, 0.15) is 23.7 Å². The minimum atomic E-state index is -0.971. The molecule has 6 heteroatoms. The summed E-state index contributed by atoms with van der Waals surface area (Å²) < 4.78 is 15.4. The van der Waals surface area contributed by atoms with Gasteiger partial charge in [0, 0.05) is 6.42 Å². The Labute approximate surface area is 117 Å². The second kappa shape index (κ2) is 8.92. The third-order valence-corrected chi connectivity index (χ3v) is 2.38. The van der Waals surface area contributed by atoms with Crippen molar-refractivity contribution >= 4 is 11.9 Å². The summed E-state index contributed by atoms with van der Waals surface area (Å²) in [6.45, 7) is 3.00. The maximum absolute atomic E-state index is 10.8. The average Bonchev–Trinajstić information content (AvgIpc) is 2.46. The molecule has 0 radical (unpaired) electrons. The normalized spacial score (nSPS) is 10.1. The fourth-order valence-electron chi connectivity index (χ4n) is 1.33. The summed E-state index contributed by atoms with van der Waals surface area (Å²) >= 11 is 0. The summed E-state index contributed by atoms with van der Waals surface area (Å²) in [4.78, 5) is 21.5. The molecule has 0 unspecified atom stereocenters. The summed E-state index contributed by atoms with van der Waals surface area (Å²) in [5, 5.41) is 8.73. The SMILES string of the molecule is CCC(=O)OCCOCCOc1ccc(C(=O)O)cc1. The molecule has 0 saturated heterocycles. The van der Waals surface area contributed by atoms with E-state index in [-0.39, 0.29) is 18.1 Å². The molecule has 0 spiro atoms. The maximum atomic E-state index is 10.8. The molecule has 0 aliphatic carbocycles. The number of carboxylic acids is 1. The number of ether oxygens (including phenoxy) is 3. The van der Waals surface area contributed by atoms with Crippen LogP contribution < -0.4 is 4.74 Å². The number of hydrogen-bond donors (Lipinski definition) is 1. The molecule has 0 aromatic heterocycles. The van der Waals surface area contributed by atoms with Crippen LogP contribution in [0.3, 0.4) is 0 Å². The molecule has 0 heterocycles. The van der Waals surface area contributed by atoms with Crippen molar-refractivity contribution in [1.82, 2.24) is 0 Å². The van der Waals surface area contributed by atoms with E-state index in [2.05, 4.69) is 0 Å². The molecule has 0 fully saturated rings. The Morgan fingerprint density at radius 1 is 1.05 bits per heavy atom. The molecule has 110 valence electrons. The number of hydrogen-bond acceptors (Lipinski definition) is 5. The quantitative estimate of drug-likeness (QED) is 0.548. The lowest BCUT2D eigenvalue weighted by atomic mass is 10.2. The topological polar surface area (TPSA) is 82.1 Å². The number of aromatic carboxylic acids is 1. The first-order chi connectivity index (χ1) is 9.63. The minimum absolute atomic E-state index is 0.214. The van der Waals surface area contributed by atoms with Gasteiger partial charge in [0.05, 0.1) is 18.8 Å². The molecule has 20 heavy (non-hydrogen) atoms. The first-order valence-corrected chi connectivity index (χ1v) is 6.33. The second-order valence-electron chi connectivity index (χ2n) is 3.86. The number of carbonyl (C=O) groups excluding carboxylic acids is 1. The molecular weight excluding hydrogens is 264 g/mol. The number of carbonyl (C=O) groups is 2. The van der Waals surface area contributed by atoms with E-state index in [1.165, 1.54) is 12.1 Å². The van der Waals surface area contributed by atoms with Crippen molar-refractivity contribution < 1.29 is 28.9 Å². The van der Waals surface area contributed by atoms with Crippen LogP contribution in [0.2, 0.25) is 0 Å². The van der Waals surface area contributed by atoms with E-state index in [9.17, 15) is 9.59 Å². The Hall–Kier alpha value is -2.08. The average molecular weight is 282 g/mol. The molecule has 1 N–H and O–H groups in total. The van der Waals surface area contributed by atoms with Crippen molar-refractivity contribution in [3.05, 3.63) is 29.8 Å². The van der Waals surface area contributed by atoms with Gasteiger partial charge in [0.15, 0.2) is 0 Å². The van der Waals surface area contributed by atoms with Crippen LogP contribution in [0.5, 0.6) is 5.75 Å². The van der Waals surface area contributed by atoms with Crippen LogP contribution in [-0.2, 0) is 14.3 Å². The maximum Gasteiger partial charge on any atom is 0.335 e. The third-order valence-electron chi connectivity index (χ3n) is 2.38. The minimum Gasteiger partial charge on any atom is -0.491 e. The van der Waals surface area contributed by atoms with Crippen LogP contribution in [0, 0.1) is 0 Å². The Kier molecular flexibility index (Phi) is 7.13. The molecule has 0 saturated carbocycles. The highest BCUT2D eigenvalue weighted by Gasteiger charge is 2.02. The molecule has 1 rings (SSSR count). The highest BCUT2D eigenvalue weighted by Crippen LogP contribution is 2.11. The zero-order chi connectivity index (χ0) is 14.8. The van der Waals surface area contributed by atoms with Crippen LogP contribution in [0.25, 0.3) is 0 Å². The Morgan fingerprint density at radius 2 is 1.70 bits per heavy atom. The van der Waals surface area contributed by atoms with Gasteiger partial charge in [-0.1, -0.05) is 6.92 Å². The largest absolute Gasteiger partial charge is 0.491 e. The van der Waals surface area contributed by atoms with Gasteiger partial charge in [-0.3, -0.25) is 4.79 Å². The van der Waals surface area contributed by atoms with Crippen LogP contribution in [-0.4, -0.2) is 43.5 Å². The summed E-state index contributed by atoms with van der Waals surface area (Å²) in [5.74, 6) is -0.638. The third kappa shape index (κ3) is 6.19. The first kappa shape index (κ1) is 16.0. The molecule has 0 amide bonds.